The van der Waals surface area contributed by atoms with E-state index < -0.39 is 0 Å². The Labute approximate surface area is 74.0 Å². The summed E-state index contributed by atoms with van der Waals surface area (Å²) in [6.45, 7) is 1.66. The quantitative estimate of drug-likeness (QED) is 0.664. The van der Waals surface area contributed by atoms with Crippen molar-refractivity contribution in [3.8, 4) is 11.5 Å². The van der Waals surface area contributed by atoms with E-state index in [0.717, 1.165) is 0 Å². The summed E-state index contributed by atoms with van der Waals surface area (Å²) in [7, 11) is 0. The second kappa shape index (κ2) is 2.80. The van der Waals surface area contributed by atoms with E-state index in [1.54, 1.807) is 6.92 Å². The molecule has 1 aromatic rings. The lowest BCUT2D eigenvalue weighted by molar-refractivity contribution is 0.450. The standard InChI is InChI=1S/C7H6Cl2O2/c1-3-2-4(10)6(9)7(11)5(3)8/h2,10-11H,1H3. The van der Waals surface area contributed by atoms with E-state index in [1.165, 1.54) is 6.07 Å². The molecule has 0 aliphatic carbocycles. The molecule has 11 heavy (non-hydrogen) atoms. The van der Waals surface area contributed by atoms with Crippen LogP contribution in [-0.4, -0.2) is 10.2 Å². The highest BCUT2D eigenvalue weighted by atomic mass is 35.5. The Bertz CT molecular complexity index is 271. The molecule has 2 nitrogen and oxygen atoms in total. The van der Waals surface area contributed by atoms with Gasteiger partial charge in [-0.2, -0.15) is 0 Å². The SMILES string of the molecule is Cc1cc(O)c(Cl)c(O)c1Cl. The van der Waals surface area contributed by atoms with E-state index >= 15 is 0 Å². The minimum atomic E-state index is -0.272. The summed E-state index contributed by atoms with van der Waals surface area (Å²) >= 11 is 11.1. The van der Waals surface area contributed by atoms with Crippen LogP contribution in [-0.2, 0) is 0 Å². The molecule has 0 aliphatic heterocycles. The lowest BCUT2D eigenvalue weighted by atomic mass is 10.2. The maximum Gasteiger partial charge on any atom is 0.156 e. The van der Waals surface area contributed by atoms with Crippen LogP contribution in [0.5, 0.6) is 11.5 Å². The third kappa shape index (κ3) is 1.37. The molecule has 0 radical (unpaired) electrons. The monoisotopic (exact) mass is 192 g/mol. The predicted molar refractivity (Wildman–Crippen MR) is 44.5 cm³/mol. The van der Waals surface area contributed by atoms with Gasteiger partial charge >= 0.3 is 0 Å². The second-order valence-electron chi connectivity index (χ2n) is 2.19. The van der Waals surface area contributed by atoms with E-state index in [9.17, 15) is 0 Å². The summed E-state index contributed by atoms with van der Waals surface area (Å²) in [5.74, 6) is -0.433. The Hall–Kier alpha value is -0.600. The summed E-state index contributed by atoms with van der Waals surface area (Å²) in [6.07, 6.45) is 0. The van der Waals surface area contributed by atoms with E-state index in [1.807, 2.05) is 0 Å². The molecule has 0 amide bonds. The van der Waals surface area contributed by atoms with E-state index in [-0.39, 0.29) is 21.5 Å². The van der Waals surface area contributed by atoms with E-state index in [0.29, 0.717) is 5.56 Å². The molecule has 2 N–H and O–H groups in total. The van der Waals surface area contributed by atoms with Gasteiger partial charge in [0.15, 0.2) is 5.75 Å². The van der Waals surface area contributed by atoms with Gasteiger partial charge in [-0.3, -0.25) is 0 Å². The number of hydrogen-bond acceptors (Lipinski definition) is 2. The highest BCUT2D eigenvalue weighted by Crippen LogP contribution is 2.40. The molecular weight excluding hydrogens is 187 g/mol. The number of halogens is 2. The number of phenols is 2. The maximum absolute atomic E-state index is 9.14. The number of aromatic hydroxyl groups is 2. The highest BCUT2D eigenvalue weighted by molar-refractivity contribution is 6.38. The van der Waals surface area contributed by atoms with E-state index in [2.05, 4.69) is 0 Å². The van der Waals surface area contributed by atoms with Crippen LogP contribution < -0.4 is 0 Å². The molecule has 1 aromatic carbocycles. The minimum absolute atomic E-state index is 0.111. The average molecular weight is 193 g/mol. The summed E-state index contributed by atoms with van der Waals surface area (Å²) in [5.41, 5.74) is 0.589. The largest absolute Gasteiger partial charge is 0.506 e. The van der Waals surface area contributed by atoms with Gasteiger partial charge in [0.1, 0.15) is 10.8 Å². The average Bonchev–Trinajstić information content (AvgIpc) is 1.97. The van der Waals surface area contributed by atoms with Gasteiger partial charge in [-0.15, -0.1) is 0 Å². The van der Waals surface area contributed by atoms with Crippen LogP contribution >= 0.6 is 23.2 Å². The smallest absolute Gasteiger partial charge is 0.156 e. The molecule has 0 spiro atoms. The Morgan fingerprint density at radius 1 is 1.18 bits per heavy atom. The van der Waals surface area contributed by atoms with Crippen LogP contribution in [0.2, 0.25) is 10.0 Å². The first-order chi connectivity index (χ1) is 5.04. The molecule has 0 saturated carbocycles. The molecule has 0 fully saturated rings. The summed E-state index contributed by atoms with van der Waals surface area (Å²) in [6, 6.07) is 1.39. The molecule has 60 valence electrons. The molecule has 0 atom stereocenters. The van der Waals surface area contributed by atoms with Crippen molar-refractivity contribution in [3.05, 3.63) is 21.7 Å². The first-order valence-corrected chi connectivity index (χ1v) is 3.66. The molecule has 0 unspecified atom stereocenters. The third-order valence-corrected chi connectivity index (χ3v) is 2.19. The molecule has 0 aromatic heterocycles. The summed E-state index contributed by atoms with van der Waals surface area (Å²) in [5, 5.41) is 18.3. The molecule has 0 heterocycles. The van der Waals surface area contributed by atoms with Crippen molar-refractivity contribution in [3.63, 3.8) is 0 Å². The van der Waals surface area contributed by atoms with Crippen LogP contribution in [0.1, 0.15) is 5.56 Å². The Morgan fingerprint density at radius 3 is 2.27 bits per heavy atom. The fourth-order valence-electron chi connectivity index (χ4n) is 0.736. The Balaban J connectivity index is 3.46. The highest BCUT2D eigenvalue weighted by Gasteiger charge is 2.11. The van der Waals surface area contributed by atoms with Gasteiger partial charge in [0, 0.05) is 0 Å². The topological polar surface area (TPSA) is 40.5 Å². The summed E-state index contributed by atoms with van der Waals surface area (Å²) < 4.78 is 0. The molecular formula is C7H6Cl2O2. The van der Waals surface area contributed by atoms with Crippen LogP contribution in [0.15, 0.2) is 6.07 Å². The van der Waals surface area contributed by atoms with Gasteiger partial charge in [-0.1, -0.05) is 23.2 Å². The van der Waals surface area contributed by atoms with Gasteiger partial charge in [-0.05, 0) is 18.6 Å². The third-order valence-electron chi connectivity index (χ3n) is 1.34. The number of benzene rings is 1. The number of phenolic OH excluding ortho intramolecular Hbond substituents is 2. The zero-order chi connectivity index (χ0) is 8.59. The van der Waals surface area contributed by atoms with Crippen LogP contribution in [0.25, 0.3) is 0 Å². The fraction of sp³-hybridized carbons (Fsp3) is 0.143. The van der Waals surface area contributed by atoms with Gasteiger partial charge in [-0.25, -0.2) is 0 Å². The van der Waals surface area contributed by atoms with Crippen molar-refractivity contribution in [1.29, 1.82) is 0 Å². The molecule has 0 aliphatic rings. The van der Waals surface area contributed by atoms with E-state index in [4.69, 9.17) is 33.4 Å². The molecule has 0 bridgehead atoms. The van der Waals surface area contributed by atoms with Gasteiger partial charge in [0.25, 0.3) is 0 Å². The fourth-order valence-corrected chi connectivity index (χ4v) is 1.08. The second-order valence-corrected chi connectivity index (χ2v) is 2.95. The molecule has 0 saturated heterocycles. The van der Waals surface area contributed by atoms with Crippen LogP contribution in [0.4, 0.5) is 0 Å². The number of hydrogen-bond donors (Lipinski definition) is 2. The van der Waals surface area contributed by atoms with Crippen molar-refractivity contribution in [2.45, 2.75) is 6.92 Å². The lowest BCUT2D eigenvalue weighted by Gasteiger charge is -2.04. The predicted octanol–water partition coefficient (Wildman–Crippen LogP) is 2.71. The number of rotatable bonds is 0. The van der Waals surface area contributed by atoms with Crippen LogP contribution in [0.3, 0.4) is 0 Å². The van der Waals surface area contributed by atoms with Crippen molar-refractivity contribution >= 4 is 23.2 Å². The zero-order valence-corrected chi connectivity index (χ0v) is 7.24. The van der Waals surface area contributed by atoms with Gasteiger partial charge < -0.3 is 10.2 Å². The van der Waals surface area contributed by atoms with Gasteiger partial charge in [0.2, 0.25) is 0 Å². The normalized spacial score (nSPS) is 10.1. The first-order valence-electron chi connectivity index (χ1n) is 2.90. The maximum atomic E-state index is 9.14. The lowest BCUT2D eigenvalue weighted by Crippen LogP contribution is -1.78. The van der Waals surface area contributed by atoms with Crippen molar-refractivity contribution in [1.82, 2.24) is 0 Å². The Morgan fingerprint density at radius 2 is 1.73 bits per heavy atom. The Kier molecular flexibility index (Phi) is 2.16. The van der Waals surface area contributed by atoms with Crippen molar-refractivity contribution in [2.24, 2.45) is 0 Å². The summed E-state index contributed by atoms with van der Waals surface area (Å²) in [4.78, 5) is 0. The van der Waals surface area contributed by atoms with Gasteiger partial charge in [0.05, 0.1) is 5.02 Å². The molecule has 4 heteroatoms. The van der Waals surface area contributed by atoms with Crippen LogP contribution in [0, 0.1) is 6.92 Å². The zero-order valence-electron chi connectivity index (χ0n) is 5.73. The van der Waals surface area contributed by atoms with Crippen molar-refractivity contribution < 1.29 is 10.2 Å². The minimum Gasteiger partial charge on any atom is -0.506 e. The number of aryl methyl sites for hydroxylation is 1. The first kappa shape index (κ1) is 8.50. The molecule has 1 rings (SSSR count). The van der Waals surface area contributed by atoms with Crippen molar-refractivity contribution in [2.75, 3.05) is 0 Å².